The second-order valence-electron chi connectivity index (χ2n) is 8.70. The number of allylic oxidation sites excluding steroid dienone is 1. The summed E-state index contributed by atoms with van der Waals surface area (Å²) in [6.45, 7) is 0. The van der Waals surface area contributed by atoms with Crippen LogP contribution in [0.25, 0.3) is 50.1 Å². The Balaban J connectivity index is 1.36. The number of pyridine rings is 3. The van der Waals surface area contributed by atoms with E-state index in [4.69, 9.17) is 15.0 Å². The van der Waals surface area contributed by atoms with Gasteiger partial charge in [0.2, 0.25) is 0 Å². The molecule has 7 rings (SSSR count). The van der Waals surface area contributed by atoms with Crippen molar-refractivity contribution in [2.24, 2.45) is 4.99 Å². The van der Waals surface area contributed by atoms with Crippen LogP contribution < -0.4 is 0 Å². The number of aromatic nitrogens is 4. The van der Waals surface area contributed by atoms with Crippen molar-refractivity contribution in [3.05, 3.63) is 109 Å². The molecule has 1 aliphatic rings. The maximum absolute atomic E-state index is 5.08. The Morgan fingerprint density at radius 1 is 0.686 bits per heavy atom. The summed E-state index contributed by atoms with van der Waals surface area (Å²) >= 11 is 0. The summed E-state index contributed by atoms with van der Waals surface area (Å²) in [4.78, 5) is 19.4. The summed E-state index contributed by atoms with van der Waals surface area (Å²) in [5.41, 5.74) is 9.82. The molecule has 0 saturated carbocycles. The van der Waals surface area contributed by atoms with Gasteiger partial charge in [-0.2, -0.15) is 0 Å². The highest BCUT2D eigenvalue weighted by Crippen LogP contribution is 2.33. The second-order valence-corrected chi connectivity index (χ2v) is 8.70. The minimum absolute atomic E-state index is 0.917. The van der Waals surface area contributed by atoms with Crippen molar-refractivity contribution < 1.29 is 0 Å². The first kappa shape index (κ1) is 19.8. The molecule has 5 heterocycles. The standard InChI is InChI=1S/C30H21N5/c1-2-9-24-22(8-1)29-30(35-19-6-4-13-27(35)34-29)28(33-24)21-16-14-20(15-17-21)23-11-7-12-26(32-23)25-10-3-5-18-31-25/h1-2,4-9,11-19H,3,10H2. The minimum Gasteiger partial charge on any atom is -0.298 e. The van der Waals surface area contributed by atoms with Gasteiger partial charge < -0.3 is 0 Å². The van der Waals surface area contributed by atoms with Crippen LogP contribution >= 0.6 is 0 Å². The lowest BCUT2D eigenvalue weighted by Crippen LogP contribution is -2.05. The predicted octanol–water partition coefficient (Wildman–Crippen LogP) is 6.86. The molecule has 0 radical (unpaired) electrons. The minimum atomic E-state index is 0.917. The van der Waals surface area contributed by atoms with E-state index in [-0.39, 0.29) is 0 Å². The number of rotatable bonds is 3. The Morgan fingerprint density at radius 2 is 1.51 bits per heavy atom. The summed E-state index contributed by atoms with van der Waals surface area (Å²) in [7, 11) is 0. The van der Waals surface area contributed by atoms with Crippen LogP contribution in [0.5, 0.6) is 0 Å². The zero-order valence-corrected chi connectivity index (χ0v) is 19.0. The van der Waals surface area contributed by atoms with Crippen molar-refractivity contribution in [3.63, 3.8) is 0 Å². The van der Waals surface area contributed by atoms with E-state index in [2.05, 4.69) is 70.2 Å². The van der Waals surface area contributed by atoms with Crippen LogP contribution in [0.3, 0.4) is 0 Å². The van der Waals surface area contributed by atoms with Gasteiger partial charge in [0, 0.05) is 28.9 Å². The van der Waals surface area contributed by atoms with E-state index >= 15 is 0 Å². The van der Waals surface area contributed by atoms with Gasteiger partial charge in [0.15, 0.2) is 0 Å². The smallest absolute Gasteiger partial charge is 0.137 e. The van der Waals surface area contributed by atoms with Gasteiger partial charge in [-0.15, -0.1) is 0 Å². The highest BCUT2D eigenvalue weighted by molar-refractivity contribution is 6.09. The summed E-state index contributed by atoms with van der Waals surface area (Å²) in [6.07, 6.45) is 7.95. The summed E-state index contributed by atoms with van der Waals surface area (Å²) in [5, 5.41) is 1.06. The Kier molecular flexibility index (Phi) is 4.52. The molecule has 0 atom stereocenters. The summed E-state index contributed by atoms with van der Waals surface area (Å²) in [6, 6.07) is 28.9. The van der Waals surface area contributed by atoms with Gasteiger partial charge in [0.25, 0.3) is 0 Å². The fourth-order valence-electron chi connectivity index (χ4n) is 4.81. The van der Waals surface area contributed by atoms with E-state index in [1.807, 2.05) is 42.6 Å². The molecule has 2 aromatic carbocycles. The molecule has 1 aliphatic heterocycles. The number of imidazole rings is 1. The molecule has 35 heavy (non-hydrogen) atoms. The van der Waals surface area contributed by atoms with E-state index in [1.165, 1.54) is 0 Å². The molecule has 0 fully saturated rings. The van der Waals surface area contributed by atoms with E-state index in [9.17, 15) is 0 Å². The molecular weight excluding hydrogens is 430 g/mol. The SMILES string of the molecule is C1=CN=C(c2cccc(-c3ccc(-c4nc5ccccc5c5nc6ccccn6c45)cc3)n2)CC1. The lowest BCUT2D eigenvalue weighted by molar-refractivity contribution is 1.05. The fraction of sp³-hybridized carbons (Fsp3) is 0.0667. The Bertz CT molecular complexity index is 1790. The molecular formula is C30H21N5. The van der Waals surface area contributed by atoms with E-state index < -0.39 is 0 Å². The molecule has 5 heteroatoms. The topological polar surface area (TPSA) is 55.4 Å². The lowest BCUT2D eigenvalue weighted by Gasteiger charge is -2.10. The highest BCUT2D eigenvalue weighted by Gasteiger charge is 2.16. The molecule has 4 aromatic heterocycles. The third-order valence-corrected chi connectivity index (χ3v) is 6.53. The number of fused-ring (bicyclic) bond motifs is 5. The van der Waals surface area contributed by atoms with Crippen molar-refractivity contribution in [1.29, 1.82) is 0 Å². The molecule has 0 N–H and O–H groups in total. The molecule has 0 unspecified atom stereocenters. The monoisotopic (exact) mass is 451 g/mol. The van der Waals surface area contributed by atoms with Crippen LogP contribution in [-0.2, 0) is 0 Å². The molecule has 6 aromatic rings. The van der Waals surface area contributed by atoms with E-state index in [0.717, 1.165) is 74.3 Å². The van der Waals surface area contributed by atoms with Crippen molar-refractivity contribution in [1.82, 2.24) is 19.4 Å². The first-order chi connectivity index (χ1) is 17.3. The first-order valence-corrected chi connectivity index (χ1v) is 11.8. The fourth-order valence-corrected chi connectivity index (χ4v) is 4.81. The molecule has 0 bridgehead atoms. The van der Waals surface area contributed by atoms with Crippen molar-refractivity contribution in [2.75, 3.05) is 0 Å². The maximum atomic E-state index is 5.08. The van der Waals surface area contributed by atoms with Gasteiger partial charge in [0.1, 0.15) is 11.2 Å². The number of benzene rings is 2. The molecule has 0 saturated heterocycles. The van der Waals surface area contributed by atoms with Gasteiger partial charge in [-0.05, 0) is 43.2 Å². The van der Waals surface area contributed by atoms with Crippen LogP contribution in [0.1, 0.15) is 18.5 Å². The van der Waals surface area contributed by atoms with Crippen molar-refractivity contribution in [2.45, 2.75) is 12.8 Å². The average Bonchev–Trinajstić information content (AvgIpc) is 3.33. The van der Waals surface area contributed by atoms with E-state index in [1.54, 1.807) is 0 Å². The quantitative estimate of drug-likeness (QED) is 0.295. The van der Waals surface area contributed by atoms with Crippen molar-refractivity contribution in [3.8, 4) is 22.5 Å². The Hall–Kier alpha value is -4.64. The first-order valence-electron chi connectivity index (χ1n) is 11.8. The van der Waals surface area contributed by atoms with Crippen LogP contribution in [0.15, 0.2) is 108 Å². The van der Waals surface area contributed by atoms with Crippen LogP contribution in [0, 0.1) is 0 Å². The van der Waals surface area contributed by atoms with Gasteiger partial charge in [-0.3, -0.25) is 9.39 Å². The molecule has 0 spiro atoms. The Morgan fingerprint density at radius 3 is 2.40 bits per heavy atom. The number of aliphatic imine (C=N–C) groups is 1. The highest BCUT2D eigenvalue weighted by atomic mass is 15.0. The third kappa shape index (κ3) is 3.32. The second kappa shape index (κ2) is 7.99. The molecule has 0 aliphatic carbocycles. The normalized spacial score (nSPS) is 13.5. The summed E-state index contributed by atoms with van der Waals surface area (Å²) < 4.78 is 2.13. The number of para-hydroxylation sites is 1. The maximum Gasteiger partial charge on any atom is 0.137 e. The van der Waals surface area contributed by atoms with Crippen LogP contribution in [0.4, 0.5) is 0 Å². The molecule has 5 nitrogen and oxygen atoms in total. The zero-order valence-electron chi connectivity index (χ0n) is 19.0. The van der Waals surface area contributed by atoms with Gasteiger partial charge in [-0.1, -0.05) is 60.7 Å². The predicted molar refractivity (Wildman–Crippen MR) is 142 cm³/mol. The summed E-state index contributed by atoms with van der Waals surface area (Å²) in [5.74, 6) is 0. The number of nitrogens with zero attached hydrogens (tertiary/aromatic N) is 5. The Labute approximate surface area is 202 Å². The van der Waals surface area contributed by atoms with E-state index in [0.29, 0.717) is 0 Å². The zero-order chi connectivity index (χ0) is 23.2. The number of hydrogen-bond acceptors (Lipinski definition) is 4. The van der Waals surface area contributed by atoms with Gasteiger partial charge >= 0.3 is 0 Å². The van der Waals surface area contributed by atoms with Gasteiger partial charge in [-0.25, -0.2) is 15.0 Å². The average molecular weight is 452 g/mol. The van der Waals surface area contributed by atoms with Crippen molar-refractivity contribution >= 4 is 33.3 Å². The van der Waals surface area contributed by atoms with Gasteiger partial charge in [0.05, 0.1) is 33.8 Å². The third-order valence-electron chi connectivity index (χ3n) is 6.53. The largest absolute Gasteiger partial charge is 0.298 e. The molecule has 0 amide bonds. The van der Waals surface area contributed by atoms with Crippen LogP contribution in [0.2, 0.25) is 0 Å². The molecule has 166 valence electrons. The van der Waals surface area contributed by atoms with Crippen LogP contribution in [-0.4, -0.2) is 25.1 Å². The lowest BCUT2D eigenvalue weighted by atomic mass is 10.0. The number of hydrogen-bond donors (Lipinski definition) is 0.